The van der Waals surface area contributed by atoms with E-state index in [-0.39, 0.29) is 12.8 Å². The van der Waals surface area contributed by atoms with Gasteiger partial charge in [0.25, 0.3) is 0 Å². The van der Waals surface area contributed by atoms with Gasteiger partial charge < -0.3 is 0 Å². The van der Waals surface area contributed by atoms with E-state index in [9.17, 15) is 13.2 Å². The normalized spacial score (nSPS) is 47.6. The Hall–Kier alpha value is -0.210. The fourth-order valence-corrected chi connectivity index (χ4v) is 0.880. The first-order valence-electron chi connectivity index (χ1n) is 2.62. The summed E-state index contributed by atoms with van der Waals surface area (Å²) in [6, 6.07) is 0. The fraction of sp³-hybridized carbons (Fsp3) is 1.00. The highest BCUT2D eigenvalue weighted by Crippen LogP contribution is 2.27. The van der Waals surface area contributed by atoms with Crippen LogP contribution in [0.25, 0.3) is 0 Å². The topological polar surface area (TPSA) is 0 Å². The minimum atomic E-state index is -1.55. The van der Waals surface area contributed by atoms with Crippen LogP contribution in [0.2, 0.25) is 0 Å². The molecule has 0 aromatic carbocycles. The van der Waals surface area contributed by atoms with Crippen molar-refractivity contribution in [2.24, 2.45) is 0 Å². The van der Waals surface area contributed by atoms with Gasteiger partial charge in [-0.2, -0.15) is 0 Å². The van der Waals surface area contributed by atoms with Gasteiger partial charge in [-0.3, -0.25) is 0 Å². The van der Waals surface area contributed by atoms with Gasteiger partial charge in [-0.1, -0.05) is 0 Å². The molecule has 1 aliphatic carbocycles. The average molecular weight is 124 g/mol. The van der Waals surface area contributed by atoms with Crippen LogP contribution in [0.4, 0.5) is 13.2 Å². The van der Waals surface area contributed by atoms with Gasteiger partial charge in [-0.05, 0) is 0 Å². The number of halogens is 3. The summed E-state index contributed by atoms with van der Waals surface area (Å²) in [7, 11) is 0. The molecule has 1 rings (SSSR count). The van der Waals surface area contributed by atoms with E-state index < -0.39 is 18.5 Å². The molecule has 0 amide bonds. The maximum Gasteiger partial charge on any atom is 0.134 e. The molecule has 0 radical (unpaired) electrons. The molecule has 3 heteroatoms. The molecule has 1 saturated carbocycles. The van der Waals surface area contributed by atoms with Crippen LogP contribution in [0.15, 0.2) is 0 Å². The summed E-state index contributed by atoms with van der Waals surface area (Å²) in [5, 5.41) is 0. The van der Waals surface area contributed by atoms with Crippen molar-refractivity contribution in [3.8, 4) is 0 Å². The van der Waals surface area contributed by atoms with Crippen LogP contribution < -0.4 is 0 Å². The van der Waals surface area contributed by atoms with Crippen molar-refractivity contribution in [1.29, 1.82) is 0 Å². The second kappa shape index (κ2) is 1.96. The van der Waals surface area contributed by atoms with Crippen LogP contribution in [0, 0.1) is 0 Å². The zero-order valence-electron chi connectivity index (χ0n) is 4.28. The first kappa shape index (κ1) is 5.92. The molecule has 48 valence electrons. The van der Waals surface area contributed by atoms with E-state index in [0.29, 0.717) is 0 Å². The van der Waals surface area contributed by atoms with E-state index in [0.717, 1.165) is 0 Å². The SMILES string of the molecule is FC1CC(F)C(F)C1. The fourth-order valence-electron chi connectivity index (χ4n) is 0.880. The molecular formula is C5H7F3. The van der Waals surface area contributed by atoms with E-state index in [1.165, 1.54) is 0 Å². The van der Waals surface area contributed by atoms with Gasteiger partial charge in [-0.25, -0.2) is 13.2 Å². The minimum Gasteiger partial charge on any atom is -0.247 e. The summed E-state index contributed by atoms with van der Waals surface area (Å²) < 4.78 is 35.8. The van der Waals surface area contributed by atoms with E-state index in [1.807, 2.05) is 0 Å². The lowest BCUT2D eigenvalue weighted by molar-refractivity contribution is 0.199. The van der Waals surface area contributed by atoms with E-state index in [4.69, 9.17) is 0 Å². The van der Waals surface area contributed by atoms with E-state index >= 15 is 0 Å². The highest BCUT2D eigenvalue weighted by molar-refractivity contribution is 4.82. The van der Waals surface area contributed by atoms with Gasteiger partial charge in [0, 0.05) is 12.8 Å². The third kappa shape index (κ3) is 0.956. The maximum absolute atomic E-state index is 12.0. The van der Waals surface area contributed by atoms with Crippen molar-refractivity contribution in [2.75, 3.05) is 0 Å². The van der Waals surface area contributed by atoms with Crippen molar-refractivity contribution < 1.29 is 13.2 Å². The summed E-state index contributed by atoms with van der Waals surface area (Å²) in [5.74, 6) is 0. The summed E-state index contributed by atoms with van der Waals surface area (Å²) in [6.07, 6.45) is -4.85. The minimum absolute atomic E-state index is 0.249. The molecule has 0 nitrogen and oxygen atoms in total. The first-order chi connectivity index (χ1) is 3.70. The second-order valence-electron chi connectivity index (χ2n) is 2.10. The van der Waals surface area contributed by atoms with Crippen LogP contribution in [0.1, 0.15) is 12.8 Å². The summed E-state index contributed by atoms with van der Waals surface area (Å²) in [5.41, 5.74) is 0. The molecule has 8 heavy (non-hydrogen) atoms. The molecule has 0 aromatic heterocycles. The summed E-state index contributed by atoms with van der Waals surface area (Å²) in [4.78, 5) is 0. The lowest BCUT2D eigenvalue weighted by Gasteiger charge is -1.96. The van der Waals surface area contributed by atoms with Gasteiger partial charge >= 0.3 is 0 Å². The third-order valence-electron chi connectivity index (χ3n) is 1.35. The van der Waals surface area contributed by atoms with Crippen molar-refractivity contribution in [1.82, 2.24) is 0 Å². The Kier molecular flexibility index (Phi) is 1.45. The largest absolute Gasteiger partial charge is 0.247 e. The summed E-state index contributed by atoms with van der Waals surface area (Å²) in [6.45, 7) is 0. The molecular weight excluding hydrogens is 117 g/mol. The Morgan fingerprint density at radius 3 is 1.38 bits per heavy atom. The molecule has 0 aliphatic heterocycles. The first-order valence-corrected chi connectivity index (χ1v) is 2.62. The predicted molar refractivity (Wildman–Crippen MR) is 23.9 cm³/mol. The lowest BCUT2D eigenvalue weighted by atomic mass is 10.3. The number of hydrogen-bond donors (Lipinski definition) is 0. The van der Waals surface area contributed by atoms with Gasteiger partial charge in [0.1, 0.15) is 18.5 Å². The number of hydrogen-bond acceptors (Lipinski definition) is 0. The Balaban J connectivity index is 2.39. The average Bonchev–Trinajstić information content (AvgIpc) is 1.85. The Labute approximate surface area is 45.7 Å². The quantitative estimate of drug-likeness (QED) is 0.462. The van der Waals surface area contributed by atoms with Crippen LogP contribution in [0.3, 0.4) is 0 Å². The predicted octanol–water partition coefficient (Wildman–Crippen LogP) is 1.79. The maximum atomic E-state index is 12.0. The molecule has 1 fully saturated rings. The smallest absolute Gasteiger partial charge is 0.134 e. The molecule has 2 unspecified atom stereocenters. The molecule has 0 spiro atoms. The molecule has 0 bridgehead atoms. The van der Waals surface area contributed by atoms with Crippen LogP contribution >= 0.6 is 0 Å². The highest BCUT2D eigenvalue weighted by atomic mass is 19.2. The van der Waals surface area contributed by atoms with Gasteiger partial charge in [0.15, 0.2) is 0 Å². The van der Waals surface area contributed by atoms with Crippen molar-refractivity contribution in [2.45, 2.75) is 31.4 Å². The monoisotopic (exact) mass is 124 g/mol. The van der Waals surface area contributed by atoms with E-state index in [2.05, 4.69) is 0 Å². The molecule has 0 N–H and O–H groups in total. The molecule has 0 heterocycles. The molecule has 0 aromatic rings. The second-order valence-corrected chi connectivity index (χ2v) is 2.10. The molecule has 1 aliphatic rings. The lowest BCUT2D eigenvalue weighted by Crippen LogP contribution is -2.06. The van der Waals surface area contributed by atoms with Gasteiger partial charge in [0.05, 0.1) is 0 Å². The third-order valence-corrected chi connectivity index (χ3v) is 1.35. The summed E-state index contributed by atoms with van der Waals surface area (Å²) >= 11 is 0. The molecule has 2 atom stereocenters. The van der Waals surface area contributed by atoms with Crippen LogP contribution in [-0.4, -0.2) is 18.5 Å². The van der Waals surface area contributed by atoms with Crippen molar-refractivity contribution in [3.63, 3.8) is 0 Å². The zero-order chi connectivity index (χ0) is 6.15. The number of rotatable bonds is 0. The molecule has 0 saturated heterocycles. The zero-order valence-corrected chi connectivity index (χ0v) is 4.28. The van der Waals surface area contributed by atoms with Gasteiger partial charge in [-0.15, -0.1) is 0 Å². The van der Waals surface area contributed by atoms with Crippen molar-refractivity contribution in [3.05, 3.63) is 0 Å². The highest BCUT2D eigenvalue weighted by Gasteiger charge is 2.34. The van der Waals surface area contributed by atoms with Gasteiger partial charge in [0.2, 0.25) is 0 Å². The standard InChI is InChI=1S/C5H7F3/c6-3-1-4(7)5(8)2-3/h3-5H,1-2H2. The van der Waals surface area contributed by atoms with Crippen LogP contribution in [0.5, 0.6) is 0 Å². The Bertz CT molecular complexity index is 73.7. The Morgan fingerprint density at radius 2 is 1.25 bits per heavy atom. The van der Waals surface area contributed by atoms with Crippen LogP contribution in [-0.2, 0) is 0 Å². The van der Waals surface area contributed by atoms with Crippen molar-refractivity contribution >= 4 is 0 Å². The number of alkyl halides is 3. The Morgan fingerprint density at radius 1 is 0.875 bits per heavy atom. The van der Waals surface area contributed by atoms with E-state index in [1.54, 1.807) is 0 Å².